The molecule has 0 spiro atoms. The van der Waals surface area contributed by atoms with Gasteiger partial charge in [-0.1, -0.05) is 12.1 Å². The highest BCUT2D eigenvalue weighted by atomic mass is 16.5. The van der Waals surface area contributed by atoms with Crippen molar-refractivity contribution in [3.8, 4) is 11.6 Å². The van der Waals surface area contributed by atoms with Gasteiger partial charge in [-0.15, -0.1) is 0 Å². The van der Waals surface area contributed by atoms with E-state index in [4.69, 9.17) is 4.74 Å². The Morgan fingerprint density at radius 2 is 2.00 bits per heavy atom. The van der Waals surface area contributed by atoms with E-state index in [0.29, 0.717) is 5.75 Å². The number of nitrogens with zero attached hydrogens (tertiary/aromatic N) is 2. The second-order valence-corrected chi connectivity index (χ2v) is 4.11. The summed E-state index contributed by atoms with van der Waals surface area (Å²) in [6, 6.07) is 5.86. The van der Waals surface area contributed by atoms with Crippen LogP contribution in [0.15, 0.2) is 30.6 Å². The summed E-state index contributed by atoms with van der Waals surface area (Å²) in [5.74, 6) is 0.409. The molecule has 0 aliphatic carbocycles. The summed E-state index contributed by atoms with van der Waals surface area (Å²) in [5.41, 5.74) is 2.18. The van der Waals surface area contributed by atoms with Crippen LogP contribution in [0.5, 0.6) is 11.6 Å². The monoisotopic (exact) mass is 258 g/mol. The smallest absolute Gasteiger partial charge is 0.358 e. The summed E-state index contributed by atoms with van der Waals surface area (Å²) in [6.45, 7) is 3.91. The first-order valence-corrected chi connectivity index (χ1v) is 5.75. The zero-order chi connectivity index (χ0) is 13.8. The summed E-state index contributed by atoms with van der Waals surface area (Å²) in [7, 11) is 1.29. The zero-order valence-corrected chi connectivity index (χ0v) is 11.0. The Labute approximate surface area is 111 Å². The molecule has 0 bridgehead atoms. The lowest BCUT2D eigenvalue weighted by atomic mass is 10.1. The molecule has 0 fully saturated rings. The molecule has 1 heterocycles. The Hall–Kier alpha value is -2.43. The minimum absolute atomic E-state index is 0.116. The lowest BCUT2D eigenvalue weighted by Crippen LogP contribution is -2.05. The standard InChI is InChI=1S/C14H14N2O3/c1-9-4-5-10(2)12(6-9)19-13-8-15-7-11(16-13)14(17)18-3/h4-8H,1-3H3. The van der Waals surface area contributed by atoms with Crippen molar-refractivity contribution in [1.82, 2.24) is 9.97 Å². The Bertz CT molecular complexity index is 611. The largest absolute Gasteiger partial charge is 0.464 e. The Balaban J connectivity index is 2.28. The second kappa shape index (κ2) is 5.48. The number of methoxy groups -OCH3 is 1. The molecule has 0 aliphatic rings. The van der Waals surface area contributed by atoms with Crippen molar-refractivity contribution in [1.29, 1.82) is 0 Å². The number of carbonyl (C=O) groups excluding carboxylic acids is 1. The van der Waals surface area contributed by atoms with Gasteiger partial charge in [-0.2, -0.15) is 0 Å². The van der Waals surface area contributed by atoms with Crippen LogP contribution in [-0.2, 0) is 4.74 Å². The van der Waals surface area contributed by atoms with Gasteiger partial charge < -0.3 is 9.47 Å². The maximum absolute atomic E-state index is 11.4. The number of aromatic nitrogens is 2. The summed E-state index contributed by atoms with van der Waals surface area (Å²) < 4.78 is 10.2. The van der Waals surface area contributed by atoms with Crippen LogP contribution in [0.3, 0.4) is 0 Å². The molecule has 19 heavy (non-hydrogen) atoms. The third-order valence-electron chi connectivity index (χ3n) is 2.57. The Morgan fingerprint density at radius 1 is 1.21 bits per heavy atom. The number of rotatable bonds is 3. The molecule has 0 amide bonds. The molecule has 0 N–H and O–H groups in total. The van der Waals surface area contributed by atoms with Gasteiger partial charge in [-0.05, 0) is 31.0 Å². The number of aryl methyl sites for hydroxylation is 2. The summed E-state index contributed by atoms with van der Waals surface area (Å²) in [6.07, 6.45) is 2.79. The van der Waals surface area contributed by atoms with E-state index >= 15 is 0 Å². The fraction of sp³-hybridized carbons (Fsp3) is 0.214. The van der Waals surface area contributed by atoms with E-state index < -0.39 is 5.97 Å². The van der Waals surface area contributed by atoms with Gasteiger partial charge in [-0.3, -0.25) is 4.98 Å². The fourth-order valence-corrected chi connectivity index (χ4v) is 1.53. The van der Waals surface area contributed by atoms with Crippen molar-refractivity contribution in [2.45, 2.75) is 13.8 Å². The van der Waals surface area contributed by atoms with E-state index in [2.05, 4.69) is 14.7 Å². The van der Waals surface area contributed by atoms with Gasteiger partial charge >= 0.3 is 5.97 Å². The van der Waals surface area contributed by atoms with Gasteiger partial charge in [0.1, 0.15) is 5.75 Å². The first-order valence-electron chi connectivity index (χ1n) is 5.75. The van der Waals surface area contributed by atoms with E-state index in [0.717, 1.165) is 11.1 Å². The van der Waals surface area contributed by atoms with E-state index in [9.17, 15) is 4.79 Å². The molecule has 0 unspecified atom stereocenters. The fourth-order valence-electron chi connectivity index (χ4n) is 1.53. The molecule has 0 radical (unpaired) electrons. The third-order valence-corrected chi connectivity index (χ3v) is 2.57. The predicted molar refractivity (Wildman–Crippen MR) is 69.4 cm³/mol. The van der Waals surface area contributed by atoms with Crippen LogP contribution in [0.1, 0.15) is 21.6 Å². The maximum atomic E-state index is 11.4. The van der Waals surface area contributed by atoms with Crippen molar-refractivity contribution < 1.29 is 14.3 Å². The van der Waals surface area contributed by atoms with Crippen LogP contribution in [-0.4, -0.2) is 23.0 Å². The predicted octanol–water partition coefficient (Wildman–Crippen LogP) is 2.67. The highest BCUT2D eigenvalue weighted by molar-refractivity contribution is 5.86. The number of carbonyl (C=O) groups is 1. The number of hydrogen-bond donors (Lipinski definition) is 0. The van der Waals surface area contributed by atoms with Crippen LogP contribution in [0, 0.1) is 13.8 Å². The maximum Gasteiger partial charge on any atom is 0.358 e. The van der Waals surface area contributed by atoms with E-state index in [1.54, 1.807) is 0 Å². The topological polar surface area (TPSA) is 61.3 Å². The van der Waals surface area contributed by atoms with Crippen molar-refractivity contribution >= 4 is 5.97 Å². The van der Waals surface area contributed by atoms with Crippen LogP contribution in [0.4, 0.5) is 0 Å². The zero-order valence-electron chi connectivity index (χ0n) is 11.0. The molecule has 1 aromatic carbocycles. The van der Waals surface area contributed by atoms with Crippen molar-refractivity contribution in [3.63, 3.8) is 0 Å². The minimum atomic E-state index is -0.543. The van der Waals surface area contributed by atoms with E-state index in [-0.39, 0.29) is 11.6 Å². The Morgan fingerprint density at radius 3 is 2.74 bits per heavy atom. The molecular weight excluding hydrogens is 244 g/mol. The lowest BCUT2D eigenvalue weighted by molar-refractivity contribution is 0.0592. The Kier molecular flexibility index (Phi) is 3.75. The number of ether oxygens (including phenoxy) is 2. The van der Waals surface area contributed by atoms with Crippen LogP contribution in [0.25, 0.3) is 0 Å². The van der Waals surface area contributed by atoms with Gasteiger partial charge in [0.15, 0.2) is 5.69 Å². The van der Waals surface area contributed by atoms with Crippen LogP contribution in [0.2, 0.25) is 0 Å². The van der Waals surface area contributed by atoms with Crippen molar-refractivity contribution in [2.75, 3.05) is 7.11 Å². The average Bonchev–Trinajstić information content (AvgIpc) is 2.42. The SMILES string of the molecule is COC(=O)c1cncc(Oc2cc(C)ccc2C)n1. The number of hydrogen-bond acceptors (Lipinski definition) is 5. The molecule has 0 aliphatic heterocycles. The van der Waals surface area contributed by atoms with E-state index in [1.807, 2.05) is 32.0 Å². The molecule has 0 saturated heterocycles. The van der Waals surface area contributed by atoms with Crippen molar-refractivity contribution in [3.05, 3.63) is 47.4 Å². The number of esters is 1. The molecular formula is C14H14N2O3. The average molecular weight is 258 g/mol. The van der Waals surface area contributed by atoms with Gasteiger partial charge in [0, 0.05) is 0 Å². The molecule has 2 aromatic rings. The van der Waals surface area contributed by atoms with Gasteiger partial charge in [0.2, 0.25) is 5.88 Å². The molecule has 0 saturated carbocycles. The van der Waals surface area contributed by atoms with Gasteiger partial charge in [0.05, 0.1) is 19.5 Å². The van der Waals surface area contributed by atoms with Crippen molar-refractivity contribution in [2.24, 2.45) is 0 Å². The molecule has 0 atom stereocenters. The van der Waals surface area contributed by atoms with Crippen LogP contribution < -0.4 is 4.74 Å². The molecule has 98 valence electrons. The second-order valence-electron chi connectivity index (χ2n) is 4.11. The van der Waals surface area contributed by atoms with Gasteiger partial charge in [-0.25, -0.2) is 9.78 Å². The van der Waals surface area contributed by atoms with Gasteiger partial charge in [0.25, 0.3) is 0 Å². The molecule has 5 heteroatoms. The highest BCUT2D eigenvalue weighted by Crippen LogP contribution is 2.24. The normalized spacial score (nSPS) is 10.1. The van der Waals surface area contributed by atoms with E-state index in [1.165, 1.54) is 19.5 Å². The molecule has 5 nitrogen and oxygen atoms in total. The summed E-state index contributed by atoms with van der Waals surface area (Å²) in [4.78, 5) is 19.3. The molecule has 1 aromatic heterocycles. The molecule has 2 rings (SSSR count). The first-order chi connectivity index (χ1) is 9.10. The first kappa shape index (κ1) is 13.0. The summed E-state index contributed by atoms with van der Waals surface area (Å²) in [5, 5.41) is 0. The lowest BCUT2D eigenvalue weighted by Gasteiger charge is -2.08. The summed E-state index contributed by atoms with van der Waals surface area (Å²) >= 11 is 0. The number of benzene rings is 1. The van der Waals surface area contributed by atoms with Crippen LogP contribution >= 0.6 is 0 Å². The minimum Gasteiger partial charge on any atom is -0.464 e. The highest BCUT2D eigenvalue weighted by Gasteiger charge is 2.10. The quantitative estimate of drug-likeness (QED) is 0.792. The third kappa shape index (κ3) is 3.07.